The predicted octanol–water partition coefficient (Wildman–Crippen LogP) is 6.26. The van der Waals surface area contributed by atoms with Crippen molar-refractivity contribution in [2.45, 2.75) is 39.3 Å². The lowest BCUT2D eigenvalue weighted by atomic mass is 10.1. The van der Waals surface area contributed by atoms with E-state index in [0.29, 0.717) is 13.2 Å². The van der Waals surface area contributed by atoms with Crippen molar-refractivity contribution in [3.05, 3.63) is 95.1 Å². The van der Waals surface area contributed by atoms with Crippen LogP contribution >= 0.6 is 0 Å². The van der Waals surface area contributed by atoms with E-state index in [4.69, 9.17) is 18.9 Å². The maximum Gasteiger partial charge on any atom is 0.119 e. The van der Waals surface area contributed by atoms with Gasteiger partial charge in [0.2, 0.25) is 0 Å². The van der Waals surface area contributed by atoms with Crippen LogP contribution in [0.4, 0.5) is 0 Å². The Bertz CT molecular complexity index is 920. The van der Waals surface area contributed by atoms with E-state index in [-0.39, 0.29) is 12.2 Å². The second kappa shape index (κ2) is 10.8. The molecule has 0 aliphatic heterocycles. The normalized spacial score (nSPS) is 12.9. The number of hydrogen-bond donors (Lipinski definition) is 0. The predicted molar refractivity (Wildman–Crippen MR) is 119 cm³/mol. The summed E-state index contributed by atoms with van der Waals surface area (Å²) in [7, 11) is 3.35. The number of rotatable bonds is 10. The quantitative estimate of drug-likeness (QED) is 0.398. The van der Waals surface area contributed by atoms with E-state index in [1.165, 1.54) is 0 Å². The summed E-state index contributed by atoms with van der Waals surface area (Å²) in [4.78, 5) is 0. The van der Waals surface area contributed by atoms with Crippen LogP contribution in [-0.4, -0.2) is 14.2 Å². The minimum atomic E-state index is -0.0269. The van der Waals surface area contributed by atoms with Gasteiger partial charge >= 0.3 is 0 Å². The SMILES string of the molecule is COc1cccc(COCc2ccc(C(C)OC(C)c3cccc(OC)c3)cc2)c1. The van der Waals surface area contributed by atoms with Gasteiger partial charge in [-0.05, 0) is 60.4 Å². The molecule has 0 aliphatic rings. The Morgan fingerprint density at radius 3 is 1.93 bits per heavy atom. The summed E-state index contributed by atoms with van der Waals surface area (Å²) in [6, 6.07) is 24.3. The third kappa shape index (κ3) is 6.09. The van der Waals surface area contributed by atoms with Gasteiger partial charge in [-0.2, -0.15) is 0 Å². The van der Waals surface area contributed by atoms with Gasteiger partial charge in [0.15, 0.2) is 0 Å². The van der Waals surface area contributed by atoms with Crippen LogP contribution in [0.25, 0.3) is 0 Å². The van der Waals surface area contributed by atoms with E-state index in [1.54, 1.807) is 14.2 Å². The van der Waals surface area contributed by atoms with Gasteiger partial charge in [0.05, 0.1) is 39.6 Å². The van der Waals surface area contributed by atoms with Crippen LogP contribution < -0.4 is 9.47 Å². The third-order valence-corrected chi connectivity index (χ3v) is 5.09. The standard InChI is InChI=1S/C26H30O4/c1-19(30-20(2)24-8-6-10-26(16-24)28-4)23-13-11-21(12-14-23)17-29-18-22-7-5-9-25(15-22)27-3/h5-16,19-20H,17-18H2,1-4H3. The molecule has 0 spiro atoms. The number of ether oxygens (including phenoxy) is 4. The molecule has 0 N–H and O–H groups in total. The Labute approximate surface area is 179 Å². The maximum absolute atomic E-state index is 6.22. The van der Waals surface area contributed by atoms with E-state index in [1.807, 2.05) is 42.5 Å². The van der Waals surface area contributed by atoms with Crippen LogP contribution in [0.1, 0.15) is 48.3 Å². The molecule has 0 amide bonds. The molecule has 30 heavy (non-hydrogen) atoms. The molecule has 0 saturated heterocycles. The number of methoxy groups -OCH3 is 2. The van der Waals surface area contributed by atoms with Crippen molar-refractivity contribution in [2.24, 2.45) is 0 Å². The second-order valence-corrected chi connectivity index (χ2v) is 7.28. The minimum absolute atomic E-state index is 0.0158. The van der Waals surface area contributed by atoms with Crippen LogP contribution in [0.3, 0.4) is 0 Å². The Kier molecular flexibility index (Phi) is 7.89. The molecule has 0 radical (unpaired) electrons. The zero-order valence-electron chi connectivity index (χ0n) is 18.1. The zero-order valence-corrected chi connectivity index (χ0v) is 18.1. The molecule has 0 saturated carbocycles. The largest absolute Gasteiger partial charge is 0.497 e. The fourth-order valence-electron chi connectivity index (χ4n) is 3.29. The lowest BCUT2D eigenvalue weighted by Crippen LogP contribution is -2.05. The Hall–Kier alpha value is -2.82. The monoisotopic (exact) mass is 406 g/mol. The van der Waals surface area contributed by atoms with Crippen molar-refractivity contribution in [2.75, 3.05) is 14.2 Å². The van der Waals surface area contributed by atoms with Crippen LogP contribution in [0.5, 0.6) is 11.5 Å². The molecule has 4 heteroatoms. The van der Waals surface area contributed by atoms with Crippen LogP contribution in [0.15, 0.2) is 72.8 Å². The Morgan fingerprint density at radius 1 is 0.633 bits per heavy atom. The highest BCUT2D eigenvalue weighted by atomic mass is 16.5. The van der Waals surface area contributed by atoms with Gasteiger partial charge in [-0.1, -0.05) is 48.5 Å². The van der Waals surface area contributed by atoms with Crippen LogP contribution in [0, 0.1) is 0 Å². The first-order valence-electron chi connectivity index (χ1n) is 10.2. The van der Waals surface area contributed by atoms with E-state index in [9.17, 15) is 0 Å². The molecule has 158 valence electrons. The van der Waals surface area contributed by atoms with Crippen molar-refractivity contribution in [1.82, 2.24) is 0 Å². The maximum atomic E-state index is 6.22. The van der Waals surface area contributed by atoms with Gasteiger partial charge in [-0.15, -0.1) is 0 Å². The Morgan fingerprint density at radius 2 is 1.23 bits per heavy atom. The summed E-state index contributed by atoms with van der Waals surface area (Å²) < 4.78 is 22.6. The molecule has 0 bridgehead atoms. The van der Waals surface area contributed by atoms with Gasteiger partial charge in [-0.25, -0.2) is 0 Å². The molecule has 2 atom stereocenters. The summed E-state index contributed by atoms with van der Waals surface area (Å²) in [6.45, 7) is 5.25. The fourth-order valence-corrected chi connectivity index (χ4v) is 3.29. The highest BCUT2D eigenvalue weighted by Crippen LogP contribution is 2.28. The van der Waals surface area contributed by atoms with Crippen LogP contribution in [-0.2, 0) is 22.7 Å². The summed E-state index contributed by atoms with van der Waals surface area (Å²) in [5, 5.41) is 0. The first-order chi connectivity index (χ1) is 14.6. The van der Waals surface area contributed by atoms with E-state index < -0.39 is 0 Å². The third-order valence-electron chi connectivity index (χ3n) is 5.09. The lowest BCUT2D eigenvalue weighted by molar-refractivity contribution is 0.00573. The van der Waals surface area contributed by atoms with Gasteiger partial charge in [0.1, 0.15) is 11.5 Å². The highest BCUT2D eigenvalue weighted by Gasteiger charge is 2.13. The lowest BCUT2D eigenvalue weighted by Gasteiger charge is -2.20. The van der Waals surface area contributed by atoms with Gasteiger partial charge in [-0.3, -0.25) is 0 Å². The summed E-state index contributed by atoms with van der Waals surface area (Å²) >= 11 is 0. The molecule has 3 aromatic carbocycles. The van der Waals surface area contributed by atoms with Gasteiger partial charge < -0.3 is 18.9 Å². The minimum Gasteiger partial charge on any atom is -0.497 e. The van der Waals surface area contributed by atoms with E-state index in [2.05, 4.69) is 44.2 Å². The van der Waals surface area contributed by atoms with Gasteiger partial charge in [0.25, 0.3) is 0 Å². The smallest absolute Gasteiger partial charge is 0.119 e. The van der Waals surface area contributed by atoms with Crippen molar-refractivity contribution in [3.8, 4) is 11.5 Å². The number of hydrogen-bond acceptors (Lipinski definition) is 4. The molecule has 2 unspecified atom stereocenters. The highest BCUT2D eigenvalue weighted by molar-refractivity contribution is 5.30. The van der Waals surface area contributed by atoms with E-state index in [0.717, 1.165) is 33.8 Å². The number of benzene rings is 3. The zero-order chi connectivity index (χ0) is 21.3. The van der Waals surface area contributed by atoms with E-state index >= 15 is 0 Å². The Balaban J connectivity index is 1.51. The molecule has 3 aromatic rings. The molecule has 4 nitrogen and oxygen atoms in total. The molecule has 0 heterocycles. The molecule has 3 rings (SSSR count). The van der Waals surface area contributed by atoms with Crippen molar-refractivity contribution < 1.29 is 18.9 Å². The molecular weight excluding hydrogens is 376 g/mol. The first-order valence-corrected chi connectivity index (χ1v) is 10.2. The molecule has 0 aromatic heterocycles. The topological polar surface area (TPSA) is 36.9 Å². The summed E-state index contributed by atoms with van der Waals surface area (Å²) in [5.41, 5.74) is 4.47. The first kappa shape index (κ1) is 21.9. The van der Waals surface area contributed by atoms with Crippen molar-refractivity contribution >= 4 is 0 Å². The van der Waals surface area contributed by atoms with Crippen LogP contribution in [0.2, 0.25) is 0 Å². The van der Waals surface area contributed by atoms with Crippen molar-refractivity contribution in [1.29, 1.82) is 0 Å². The second-order valence-electron chi connectivity index (χ2n) is 7.28. The average molecular weight is 407 g/mol. The summed E-state index contributed by atoms with van der Waals surface area (Å²) in [5.74, 6) is 1.69. The average Bonchev–Trinajstić information content (AvgIpc) is 2.79. The molecular formula is C26H30O4. The van der Waals surface area contributed by atoms with Crippen molar-refractivity contribution in [3.63, 3.8) is 0 Å². The molecule has 0 fully saturated rings. The summed E-state index contributed by atoms with van der Waals surface area (Å²) in [6.07, 6.45) is -0.0427. The van der Waals surface area contributed by atoms with Gasteiger partial charge in [0, 0.05) is 0 Å². The molecule has 0 aliphatic carbocycles. The fraction of sp³-hybridized carbons (Fsp3) is 0.308.